The summed E-state index contributed by atoms with van der Waals surface area (Å²) in [4.78, 5) is 13.2. The van der Waals surface area contributed by atoms with E-state index < -0.39 is 17.4 Å². The molecule has 4 aromatic rings. The predicted molar refractivity (Wildman–Crippen MR) is 122 cm³/mol. The molecule has 4 rings (SSSR count). The van der Waals surface area contributed by atoms with Crippen LogP contribution in [0, 0.1) is 11.6 Å². The maximum absolute atomic E-state index is 13.9. The van der Waals surface area contributed by atoms with Crippen molar-refractivity contribution in [3.05, 3.63) is 99.3 Å². The molecule has 0 aliphatic heterocycles. The van der Waals surface area contributed by atoms with Crippen LogP contribution in [0.3, 0.4) is 0 Å². The number of halogens is 4. The highest BCUT2D eigenvalue weighted by Crippen LogP contribution is 2.29. The summed E-state index contributed by atoms with van der Waals surface area (Å²) in [5.74, 6) is -1.86. The molecule has 0 aliphatic rings. The van der Waals surface area contributed by atoms with Crippen LogP contribution in [0.4, 0.5) is 20.2 Å². The number of ketones is 1. The second-order valence-electron chi connectivity index (χ2n) is 7.07. The van der Waals surface area contributed by atoms with Gasteiger partial charge >= 0.3 is 0 Å². The molecule has 0 spiro atoms. The Labute approximate surface area is 197 Å². The van der Waals surface area contributed by atoms with Crippen LogP contribution in [0.15, 0.2) is 60.8 Å². The van der Waals surface area contributed by atoms with Gasteiger partial charge in [-0.2, -0.15) is 0 Å². The second kappa shape index (κ2) is 9.66. The third-order valence-electron chi connectivity index (χ3n) is 4.79. The first kappa shape index (κ1) is 22.8. The molecule has 0 saturated heterocycles. The number of aromatic nitrogens is 3. The van der Waals surface area contributed by atoms with Crippen molar-refractivity contribution in [2.45, 2.75) is 6.42 Å². The van der Waals surface area contributed by atoms with E-state index >= 15 is 0 Å². The first-order valence-electron chi connectivity index (χ1n) is 9.74. The Bertz CT molecular complexity index is 1340. The molecule has 168 valence electrons. The van der Waals surface area contributed by atoms with Gasteiger partial charge < -0.3 is 10.4 Å². The van der Waals surface area contributed by atoms with Gasteiger partial charge in [-0.1, -0.05) is 28.4 Å². The molecule has 0 fully saturated rings. The van der Waals surface area contributed by atoms with Crippen molar-refractivity contribution in [1.82, 2.24) is 15.0 Å². The smallest absolute Gasteiger partial charge is 0.196 e. The molecule has 0 amide bonds. The first-order valence-corrected chi connectivity index (χ1v) is 10.5. The Morgan fingerprint density at radius 2 is 1.82 bits per heavy atom. The normalized spacial score (nSPS) is 10.9. The number of aliphatic hydroxyl groups excluding tert-OH is 1. The molecular formula is C23H16Cl2F2N4O2. The van der Waals surface area contributed by atoms with E-state index in [4.69, 9.17) is 28.3 Å². The van der Waals surface area contributed by atoms with Crippen molar-refractivity contribution in [2.75, 3.05) is 11.9 Å². The SMILES string of the molecule is O=C(c1ccc(Nc2ccc(F)cc2F)cc1Cl)c1cc(-n2cc(CCO)nn2)ccc1Cl. The highest BCUT2D eigenvalue weighted by molar-refractivity contribution is 6.38. The number of hydrogen-bond acceptors (Lipinski definition) is 5. The number of aliphatic hydroxyl groups is 1. The molecule has 2 N–H and O–H groups in total. The van der Waals surface area contributed by atoms with Gasteiger partial charge in [0.2, 0.25) is 0 Å². The summed E-state index contributed by atoms with van der Waals surface area (Å²) in [6, 6.07) is 12.5. The average molecular weight is 489 g/mol. The van der Waals surface area contributed by atoms with Crippen molar-refractivity contribution in [3.8, 4) is 5.69 Å². The highest BCUT2D eigenvalue weighted by atomic mass is 35.5. The van der Waals surface area contributed by atoms with E-state index in [9.17, 15) is 13.6 Å². The summed E-state index contributed by atoms with van der Waals surface area (Å²) in [6.45, 7) is -0.0554. The van der Waals surface area contributed by atoms with Crippen molar-refractivity contribution in [3.63, 3.8) is 0 Å². The van der Waals surface area contributed by atoms with Gasteiger partial charge in [-0.15, -0.1) is 5.10 Å². The molecule has 0 atom stereocenters. The quantitative estimate of drug-likeness (QED) is 0.342. The Kier molecular flexibility index (Phi) is 6.69. The lowest BCUT2D eigenvalue weighted by Crippen LogP contribution is -2.06. The van der Waals surface area contributed by atoms with Crippen molar-refractivity contribution < 1.29 is 18.7 Å². The number of anilines is 2. The summed E-state index contributed by atoms with van der Waals surface area (Å²) in [5.41, 5.74) is 2.04. The van der Waals surface area contributed by atoms with Gasteiger partial charge in [0.1, 0.15) is 11.6 Å². The van der Waals surface area contributed by atoms with Gasteiger partial charge in [0.25, 0.3) is 0 Å². The van der Waals surface area contributed by atoms with Crippen LogP contribution in [-0.4, -0.2) is 32.5 Å². The Morgan fingerprint density at radius 1 is 1.00 bits per heavy atom. The minimum atomic E-state index is -0.759. The molecule has 0 unspecified atom stereocenters. The monoisotopic (exact) mass is 488 g/mol. The zero-order valence-electron chi connectivity index (χ0n) is 16.9. The van der Waals surface area contributed by atoms with E-state index in [1.165, 1.54) is 22.9 Å². The molecule has 33 heavy (non-hydrogen) atoms. The van der Waals surface area contributed by atoms with E-state index in [1.807, 2.05) is 0 Å². The largest absolute Gasteiger partial charge is 0.396 e. The van der Waals surface area contributed by atoms with Gasteiger partial charge in [-0.3, -0.25) is 4.79 Å². The van der Waals surface area contributed by atoms with Gasteiger partial charge in [-0.25, -0.2) is 13.5 Å². The van der Waals surface area contributed by atoms with Crippen LogP contribution in [-0.2, 0) is 6.42 Å². The molecule has 0 radical (unpaired) electrons. The number of nitrogens with zero attached hydrogens (tertiary/aromatic N) is 3. The van der Waals surface area contributed by atoms with Crippen LogP contribution in [0.5, 0.6) is 0 Å². The van der Waals surface area contributed by atoms with Crippen LogP contribution < -0.4 is 5.32 Å². The molecule has 0 aliphatic carbocycles. The highest BCUT2D eigenvalue weighted by Gasteiger charge is 2.18. The zero-order valence-corrected chi connectivity index (χ0v) is 18.4. The number of rotatable bonds is 7. The van der Waals surface area contributed by atoms with Crippen molar-refractivity contribution in [1.29, 1.82) is 0 Å². The topological polar surface area (TPSA) is 80.0 Å². The number of carbonyl (C=O) groups excluding carboxylic acids is 1. The number of nitrogens with one attached hydrogen (secondary N) is 1. The molecular weight excluding hydrogens is 473 g/mol. The molecule has 1 heterocycles. The summed E-state index contributed by atoms with van der Waals surface area (Å²) in [5, 5.41) is 20.2. The zero-order chi connectivity index (χ0) is 23.5. The van der Waals surface area contributed by atoms with Crippen LogP contribution in [0.1, 0.15) is 21.6 Å². The fraction of sp³-hybridized carbons (Fsp3) is 0.0870. The maximum atomic E-state index is 13.9. The minimum absolute atomic E-state index is 0.0554. The molecule has 0 saturated carbocycles. The third-order valence-corrected chi connectivity index (χ3v) is 5.43. The molecule has 0 bridgehead atoms. The first-order chi connectivity index (χ1) is 15.9. The summed E-state index contributed by atoms with van der Waals surface area (Å²) >= 11 is 12.6. The lowest BCUT2D eigenvalue weighted by atomic mass is 10.0. The van der Waals surface area contributed by atoms with Crippen molar-refractivity contribution in [2.24, 2.45) is 0 Å². The fourth-order valence-electron chi connectivity index (χ4n) is 3.15. The summed E-state index contributed by atoms with van der Waals surface area (Å²) in [7, 11) is 0. The predicted octanol–water partition coefficient (Wildman–Crippen LogP) is 5.36. The van der Waals surface area contributed by atoms with Crippen LogP contribution >= 0.6 is 23.2 Å². The Balaban J connectivity index is 1.61. The maximum Gasteiger partial charge on any atom is 0.196 e. The number of benzene rings is 3. The van der Waals surface area contributed by atoms with Gasteiger partial charge in [0.15, 0.2) is 5.78 Å². The molecule has 10 heteroatoms. The van der Waals surface area contributed by atoms with Gasteiger partial charge in [0, 0.05) is 35.9 Å². The van der Waals surface area contributed by atoms with E-state index in [1.54, 1.807) is 30.5 Å². The summed E-state index contributed by atoms with van der Waals surface area (Å²) < 4.78 is 28.5. The minimum Gasteiger partial charge on any atom is -0.396 e. The van der Waals surface area contributed by atoms with Crippen molar-refractivity contribution >= 4 is 40.4 Å². The third kappa shape index (κ3) is 5.03. The lowest BCUT2D eigenvalue weighted by Gasteiger charge is -2.11. The molecule has 1 aromatic heterocycles. The van der Waals surface area contributed by atoms with E-state index in [-0.39, 0.29) is 33.5 Å². The van der Waals surface area contributed by atoms with Gasteiger partial charge in [-0.05, 0) is 48.5 Å². The Hall–Kier alpha value is -3.33. The van der Waals surface area contributed by atoms with E-state index in [2.05, 4.69) is 15.6 Å². The number of carbonyl (C=O) groups is 1. The lowest BCUT2D eigenvalue weighted by molar-refractivity contribution is 0.103. The van der Waals surface area contributed by atoms with Crippen LogP contribution in [0.25, 0.3) is 5.69 Å². The standard InChI is InChI=1S/C23H16Cl2F2N4O2/c24-19-5-3-16(31-12-15(7-8-32)29-30-31)11-18(19)23(33)17-4-2-14(10-20(17)25)28-22-6-1-13(26)9-21(22)27/h1-6,9-12,28,32H,7-8H2. The van der Waals surface area contributed by atoms with E-state index in [0.29, 0.717) is 23.5 Å². The molecule has 6 nitrogen and oxygen atoms in total. The fourth-order valence-corrected chi connectivity index (χ4v) is 3.62. The van der Waals surface area contributed by atoms with Gasteiger partial charge in [0.05, 0.1) is 33.3 Å². The number of hydrogen-bond donors (Lipinski definition) is 2. The Morgan fingerprint density at radius 3 is 2.55 bits per heavy atom. The summed E-state index contributed by atoms with van der Waals surface area (Å²) in [6.07, 6.45) is 2.01. The van der Waals surface area contributed by atoms with E-state index in [0.717, 1.165) is 12.1 Å². The van der Waals surface area contributed by atoms with Crippen LogP contribution in [0.2, 0.25) is 10.0 Å². The average Bonchev–Trinajstić information content (AvgIpc) is 3.25. The second-order valence-corrected chi connectivity index (χ2v) is 7.88. The molecule has 3 aromatic carbocycles.